The molecule has 2 rings (SSSR count). The van der Waals surface area contributed by atoms with Crippen LogP contribution in [-0.4, -0.2) is 18.2 Å². The number of aromatic nitrogens is 1. The van der Waals surface area contributed by atoms with Crippen molar-refractivity contribution in [2.24, 2.45) is 0 Å². The molecule has 0 spiro atoms. The minimum Gasteiger partial charge on any atom is -0.493 e. The van der Waals surface area contributed by atoms with Crippen LogP contribution in [0.4, 0.5) is 0 Å². The first-order chi connectivity index (χ1) is 10.5. The van der Waals surface area contributed by atoms with Crippen molar-refractivity contribution in [3.63, 3.8) is 0 Å². The highest BCUT2D eigenvalue weighted by atomic mass is 16.6. The van der Waals surface area contributed by atoms with Crippen LogP contribution in [0.1, 0.15) is 47.1 Å². The Hall–Kier alpha value is -2.81. The fourth-order valence-corrected chi connectivity index (χ4v) is 2.00. The van der Waals surface area contributed by atoms with E-state index in [-0.39, 0.29) is 11.7 Å². The molecule has 22 heavy (non-hydrogen) atoms. The number of ether oxygens (including phenoxy) is 2. The summed E-state index contributed by atoms with van der Waals surface area (Å²) < 4.78 is 15.7. The Morgan fingerprint density at radius 2 is 2.09 bits per heavy atom. The molecule has 1 aromatic carbocycles. The molecule has 0 aliphatic heterocycles. The van der Waals surface area contributed by atoms with Gasteiger partial charge in [0.2, 0.25) is 0 Å². The number of nitriles is 1. The largest absolute Gasteiger partial charge is 0.493 e. The van der Waals surface area contributed by atoms with Gasteiger partial charge in [0.1, 0.15) is 5.56 Å². The van der Waals surface area contributed by atoms with Crippen molar-refractivity contribution in [1.29, 1.82) is 5.26 Å². The molecule has 6 heteroatoms. The molecule has 0 N–H and O–H groups in total. The number of esters is 1. The van der Waals surface area contributed by atoms with E-state index in [2.05, 4.69) is 5.16 Å². The SMILES string of the molecule is COc1cc(C#N)ccc1OC(=O)c1c(C)noc1C(C)C. The summed E-state index contributed by atoms with van der Waals surface area (Å²) in [4.78, 5) is 12.4. The average Bonchev–Trinajstić information content (AvgIpc) is 2.89. The summed E-state index contributed by atoms with van der Waals surface area (Å²) in [5, 5.41) is 12.7. The molecule has 0 saturated heterocycles. The van der Waals surface area contributed by atoms with Crippen molar-refractivity contribution < 1.29 is 18.8 Å². The number of carbonyl (C=O) groups excluding carboxylic acids is 1. The number of benzene rings is 1. The van der Waals surface area contributed by atoms with Crippen LogP contribution >= 0.6 is 0 Å². The standard InChI is InChI=1S/C16H16N2O4/c1-9(2)15-14(10(3)18-22-15)16(19)21-12-6-5-11(8-17)7-13(12)20-4/h5-7,9H,1-4H3. The van der Waals surface area contributed by atoms with Gasteiger partial charge in [0.25, 0.3) is 0 Å². The molecule has 0 bridgehead atoms. The molecule has 0 atom stereocenters. The lowest BCUT2D eigenvalue weighted by atomic mass is 10.1. The van der Waals surface area contributed by atoms with Crippen LogP contribution in [0, 0.1) is 18.3 Å². The molecule has 6 nitrogen and oxygen atoms in total. The predicted molar refractivity (Wildman–Crippen MR) is 78.0 cm³/mol. The van der Waals surface area contributed by atoms with Gasteiger partial charge >= 0.3 is 5.97 Å². The minimum atomic E-state index is -0.564. The molecule has 0 aliphatic rings. The maximum Gasteiger partial charge on any atom is 0.349 e. The Morgan fingerprint density at radius 1 is 1.36 bits per heavy atom. The van der Waals surface area contributed by atoms with Gasteiger partial charge < -0.3 is 14.0 Å². The van der Waals surface area contributed by atoms with Gasteiger partial charge in [0.15, 0.2) is 17.3 Å². The summed E-state index contributed by atoms with van der Waals surface area (Å²) in [7, 11) is 1.44. The lowest BCUT2D eigenvalue weighted by Gasteiger charge is -2.10. The van der Waals surface area contributed by atoms with Gasteiger partial charge in [-0.15, -0.1) is 0 Å². The van der Waals surface area contributed by atoms with Crippen molar-refractivity contribution in [2.75, 3.05) is 7.11 Å². The molecule has 0 amide bonds. The van der Waals surface area contributed by atoms with Crippen LogP contribution in [0.3, 0.4) is 0 Å². The number of rotatable bonds is 4. The minimum absolute atomic E-state index is 0.00612. The lowest BCUT2D eigenvalue weighted by Crippen LogP contribution is -2.12. The molecule has 0 saturated carbocycles. The molecular formula is C16H16N2O4. The van der Waals surface area contributed by atoms with E-state index in [1.165, 1.54) is 19.2 Å². The Labute approximate surface area is 128 Å². The van der Waals surface area contributed by atoms with Crippen molar-refractivity contribution in [2.45, 2.75) is 26.7 Å². The van der Waals surface area contributed by atoms with E-state index in [9.17, 15) is 4.79 Å². The Bertz CT molecular complexity index is 741. The van der Waals surface area contributed by atoms with E-state index in [1.807, 2.05) is 19.9 Å². The van der Waals surface area contributed by atoms with Crippen LogP contribution in [0.15, 0.2) is 22.7 Å². The second-order valence-electron chi connectivity index (χ2n) is 5.03. The van der Waals surface area contributed by atoms with Gasteiger partial charge in [-0.1, -0.05) is 19.0 Å². The molecule has 1 heterocycles. The van der Waals surface area contributed by atoms with Crippen LogP contribution in [0.2, 0.25) is 0 Å². The maximum atomic E-state index is 12.4. The van der Waals surface area contributed by atoms with Gasteiger partial charge in [-0.05, 0) is 19.1 Å². The number of hydrogen-bond donors (Lipinski definition) is 0. The van der Waals surface area contributed by atoms with Gasteiger partial charge in [-0.2, -0.15) is 5.26 Å². The number of aryl methyl sites for hydroxylation is 1. The topological polar surface area (TPSA) is 85.4 Å². The molecule has 0 unspecified atom stereocenters. The number of carbonyl (C=O) groups is 1. The fraction of sp³-hybridized carbons (Fsp3) is 0.312. The number of hydrogen-bond acceptors (Lipinski definition) is 6. The lowest BCUT2D eigenvalue weighted by molar-refractivity contribution is 0.0726. The molecule has 1 aromatic heterocycles. The molecule has 2 aromatic rings. The van der Waals surface area contributed by atoms with E-state index >= 15 is 0 Å². The zero-order valence-electron chi connectivity index (χ0n) is 12.8. The van der Waals surface area contributed by atoms with Gasteiger partial charge in [-0.3, -0.25) is 0 Å². The summed E-state index contributed by atoms with van der Waals surface area (Å²) in [6.45, 7) is 5.49. The highest BCUT2D eigenvalue weighted by molar-refractivity contribution is 5.93. The second-order valence-corrected chi connectivity index (χ2v) is 5.03. The fourth-order valence-electron chi connectivity index (χ4n) is 2.00. The molecule has 0 fully saturated rings. The van der Waals surface area contributed by atoms with Crippen molar-refractivity contribution in [1.82, 2.24) is 5.16 Å². The first kappa shape index (κ1) is 15.6. The van der Waals surface area contributed by atoms with Crippen LogP contribution in [0.5, 0.6) is 11.5 Å². The monoisotopic (exact) mass is 300 g/mol. The van der Waals surface area contributed by atoms with Crippen molar-refractivity contribution in [3.8, 4) is 17.6 Å². The van der Waals surface area contributed by atoms with Gasteiger partial charge in [0, 0.05) is 12.0 Å². The van der Waals surface area contributed by atoms with E-state index in [4.69, 9.17) is 19.3 Å². The zero-order valence-corrected chi connectivity index (χ0v) is 12.8. The summed E-state index contributed by atoms with van der Waals surface area (Å²) in [5.74, 6) is 0.474. The summed E-state index contributed by atoms with van der Waals surface area (Å²) in [5.41, 5.74) is 1.21. The van der Waals surface area contributed by atoms with Crippen molar-refractivity contribution in [3.05, 3.63) is 40.8 Å². The van der Waals surface area contributed by atoms with E-state index in [1.54, 1.807) is 13.0 Å². The van der Waals surface area contributed by atoms with Crippen molar-refractivity contribution >= 4 is 5.97 Å². The van der Waals surface area contributed by atoms with Gasteiger partial charge in [-0.25, -0.2) is 4.79 Å². The smallest absolute Gasteiger partial charge is 0.349 e. The first-order valence-corrected chi connectivity index (χ1v) is 6.74. The number of nitrogens with zero attached hydrogens (tertiary/aromatic N) is 2. The third-order valence-electron chi connectivity index (χ3n) is 3.11. The Kier molecular flexibility index (Phi) is 4.47. The molecule has 0 aliphatic carbocycles. The first-order valence-electron chi connectivity index (χ1n) is 6.74. The highest BCUT2D eigenvalue weighted by Gasteiger charge is 2.25. The summed E-state index contributed by atoms with van der Waals surface area (Å²) in [6.07, 6.45) is 0. The molecule has 114 valence electrons. The average molecular weight is 300 g/mol. The second kappa shape index (κ2) is 6.31. The Balaban J connectivity index is 2.34. The van der Waals surface area contributed by atoms with E-state index in [0.717, 1.165) is 0 Å². The molecule has 0 radical (unpaired) electrons. The quantitative estimate of drug-likeness (QED) is 0.636. The number of methoxy groups -OCH3 is 1. The summed E-state index contributed by atoms with van der Waals surface area (Å²) in [6, 6.07) is 6.58. The van der Waals surface area contributed by atoms with Crippen LogP contribution < -0.4 is 9.47 Å². The molecular weight excluding hydrogens is 284 g/mol. The van der Waals surface area contributed by atoms with Crippen LogP contribution in [0.25, 0.3) is 0 Å². The normalized spacial score (nSPS) is 10.4. The third kappa shape index (κ3) is 2.93. The predicted octanol–water partition coefficient (Wildman–Crippen LogP) is 3.21. The zero-order chi connectivity index (χ0) is 16.3. The highest BCUT2D eigenvalue weighted by Crippen LogP contribution is 2.30. The van der Waals surface area contributed by atoms with Gasteiger partial charge in [0.05, 0.1) is 24.4 Å². The van der Waals surface area contributed by atoms with Crippen LogP contribution in [-0.2, 0) is 0 Å². The van der Waals surface area contributed by atoms with E-state index < -0.39 is 5.97 Å². The maximum absolute atomic E-state index is 12.4. The van der Waals surface area contributed by atoms with E-state index in [0.29, 0.717) is 28.3 Å². The third-order valence-corrected chi connectivity index (χ3v) is 3.11. The Morgan fingerprint density at radius 3 is 2.68 bits per heavy atom. The summed E-state index contributed by atoms with van der Waals surface area (Å²) >= 11 is 0.